The van der Waals surface area contributed by atoms with E-state index in [1.54, 1.807) is 0 Å². The third-order valence-corrected chi connectivity index (χ3v) is 3.52. The van der Waals surface area contributed by atoms with Crippen molar-refractivity contribution < 1.29 is 4.74 Å². The molecule has 0 aromatic heterocycles. The van der Waals surface area contributed by atoms with Crippen molar-refractivity contribution in [3.05, 3.63) is 58.1 Å². The van der Waals surface area contributed by atoms with Crippen LogP contribution in [0.5, 0.6) is 11.5 Å². The molecule has 0 aliphatic carbocycles. The Bertz CT molecular complexity index is 602. The van der Waals surface area contributed by atoms with Gasteiger partial charge in [0, 0.05) is 12.1 Å². The number of benzene rings is 2. The van der Waals surface area contributed by atoms with E-state index in [0.717, 1.165) is 22.6 Å². The molecule has 2 N–H and O–H groups in total. The summed E-state index contributed by atoms with van der Waals surface area (Å²) in [5.74, 6) is 1.79. The highest BCUT2D eigenvalue weighted by atomic mass is 16.5. The van der Waals surface area contributed by atoms with Gasteiger partial charge in [0.1, 0.15) is 11.5 Å². The number of rotatable bonds is 3. The summed E-state index contributed by atoms with van der Waals surface area (Å²) in [4.78, 5) is 0. The van der Waals surface area contributed by atoms with E-state index in [1.807, 2.05) is 6.07 Å². The van der Waals surface area contributed by atoms with Gasteiger partial charge < -0.3 is 10.5 Å². The van der Waals surface area contributed by atoms with Gasteiger partial charge in [0.25, 0.3) is 0 Å². The Labute approximate surface area is 115 Å². The van der Waals surface area contributed by atoms with E-state index in [2.05, 4.69) is 52.0 Å². The third-order valence-electron chi connectivity index (χ3n) is 3.52. The summed E-state index contributed by atoms with van der Waals surface area (Å²) in [7, 11) is 0. The summed E-state index contributed by atoms with van der Waals surface area (Å²) in [6.45, 7) is 8.81. The minimum atomic E-state index is 0.487. The second kappa shape index (κ2) is 5.45. The van der Waals surface area contributed by atoms with E-state index in [9.17, 15) is 0 Å². The van der Waals surface area contributed by atoms with Crippen LogP contribution in [-0.2, 0) is 6.54 Å². The summed E-state index contributed by atoms with van der Waals surface area (Å²) < 4.78 is 6.12. The maximum atomic E-state index is 6.12. The van der Waals surface area contributed by atoms with Crippen molar-refractivity contribution in [3.8, 4) is 11.5 Å². The highest BCUT2D eigenvalue weighted by Gasteiger charge is 2.10. The van der Waals surface area contributed by atoms with E-state index in [4.69, 9.17) is 10.5 Å². The number of hydrogen-bond acceptors (Lipinski definition) is 2. The molecule has 0 fully saturated rings. The lowest BCUT2D eigenvalue weighted by Crippen LogP contribution is -2.01. The molecule has 0 atom stereocenters. The zero-order valence-corrected chi connectivity index (χ0v) is 12.1. The fourth-order valence-corrected chi connectivity index (χ4v) is 2.16. The quantitative estimate of drug-likeness (QED) is 0.893. The first kappa shape index (κ1) is 13.6. The minimum absolute atomic E-state index is 0.487. The molecule has 2 nitrogen and oxygen atoms in total. The Hall–Kier alpha value is -1.80. The molecule has 0 radical (unpaired) electrons. The second-order valence-corrected chi connectivity index (χ2v) is 5.07. The van der Waals surface area contributed by atoms with E-state index >= 15 is 0 Å². The van der Waals surface area contributed by atoms with Gasteiger partial charge in [0.05, 0.1) is 0 Å². The number of aryl methyl sites for hydroxylation is 3. The summed E-state index contributed by atoms with van der Waals surface area (Å²) in [6, 6.07) is 10.3. The molecule has 2 aromatic carbocycles. The molecule has 0 amide bonds. The lowest BCUT2D eigenvalue weighted by molar-refractivity contribution is 0.468. The molecule has 2 heteroatoms. The van der Waals surface area contributed by atoms with Gasteiger partial charge in [-0.2, -0.15) is 0 Å². The van der Waals surface area contributed by atoms with Gasteiger partial charge >= 0.3 is 0 Å². The molecular weight excluding hydrogens is 234 g/mol. The molecule has 0 heterocycles. The molecule has 0 aliphatic rings. The maximum absolute atomic E-state index is 6.12. The molecule has 0 bridgehead atoms. The molecule has 2 aromatic rings. The number of ether oxygens (including phenoxy) is 1. The molecule has 19 heavy (non-hydrogen) atoms. The Morgan fingerprint density at radius 1 is 0.947 bits per heavy atom. The van der Waals surface area contributed by atoms with Crippen molar-refractivity contribution in [2.24, 2.45) is 5.73 Å². The van der Waals surface area contributed by atoms with Crippen LogP contribution in [0.15, 0.2) is 30.3 Å². The van der Waals surface area contributed by atoms with Crippen LogP contribution in [-0.4, -0.2) is 0 Å². The Balaban J connectivity index is 2.44. The lowest BCUT2D eigenvalue weighted by atomic mass is 10.0. The van der Waals surface area contributed by atoms with Crippen LogP contribution in [0, 0.1) is 27.7 Å². The van der Waals surface area contributed by atoms with Gasteiger partial charge in [-0.25, -0.2) is 0 Å². The molecule has 0 aliphatic heterocycles. The highest BCUT2D eigenvalue weighted by Crippen LogP contribution is 2.32. The lowest BCUT2D eigenvalue weighted by Gasteiger charge is -2.16. The summed E-state index contributed by atoms with van der Waals surface area (Å²) in [5.41, 5.74) is 11.6. The van der Waals surface area contributed by atoms with Gasteiger partial charge in [-0.15, -0.1) is 0 Å². The van der Waals surface area contributed by atoms with Gasteiger partial charge in [-0.3, -0.25) is 0 Å². The third kappa shape index (κ3) is 2.79. The molecule has 0 saturated heterocycles. The Morgan fingerprint density at radius 3 is 2.32 bits per heavy atom. The van der Waals surface area contributed by atoms with Crippen molar-refractivity contribution in [1.29, 1.82) is 0 Å². The van der Waals surface area contributed by atoms with Gasteiger partial charge in [0.2, 0.25) is 0 Å². The monoisotopic (exact) mass is 255 g/mol. The van der Waals surface area contributed by atoms with Crippen molar-refractivity contribution in [2.75, 3.05) is 0 Å². The average Bonchev–Trinajstić information content (AvgIpc) is 2.40. The summed E-state index contributed by atoms with van der Waals surface area (Å²) >= 11 is 0. The number of hydrogen-bond donors (Lipinski definition) is 1. The average molecular weight is 255 g/mol. The van der Waals surface area contributed by atoms with Crippen LogP contribution in [0.1, 0.15) is 27.8 Å². The Morgan fingerprint density at radius 2 is 1.63 bits per heavy atom. The van der Waals surface area contributed by atoms with Crippen molar-refractivity contribution >= 4 is 0 Å². The normalized spacial score (nSPS) is 10.6. The van der Waals surface area contributed by atoms with E-state index in [0.29, 0.717) is 6.54 Å². The van der Waals surface area contributed by atoms with Crippen LogP contribution < -0.4 is 10.5 Å². The van der Waals surface area contributed by atoms with Crippen LogP contribution >= 0.6 is 0 Å². The van der Waals surface area contributed by atoms with Crippen molar-refractivity contribution in [2.45, 2.75) is 34.2 Å². The standard InChI is InChI=1S/C17H21NO/c1-11-5-8-16(15(9-11)10-18)19-17-13(3)7-6-12(2)14(17)4/h5-9H,10,18H2,1-4H3. The van der Waals surface area contributed by atoms with Gasteiger partial charge in [-0.1, -0.05) is 29.8 Å². The van der Waals surface area contributed by atoms with E-state index in [-0.39, 0.29) is 0 Å². The Kier molecular flexibility index (Phi) is 3.91. The fourth-order valence-electron chi connectivity index (χ4n) is 2.16. The topological polar surface area (TPSA) is 35.2 Å². The van der Waals surface area contributed by atoms with Crippen LogP contribution in [0.3, 0.4) is 0 Å². The fraction of sp³-hybridized carbons (Fsp3) is 0.294. The first-order chi connectivity index (χ1) is 9.02. The SMILES string of the molecule is Cc1ccc(Oc2c(C)ccc(C)c2C)c(CN)c1. The highest BCUT2D eigenvalue weighted by molar-refractivity contribution is 5.48. The maximum Gasteiger partial charge on any atom is 0.133 e. The predicted octanol–water partition coefficient (Wildman–Crippen LogP) is 4.17. The zero-order valence-electron chi connectivity index (χ0n) is 12.1. The van der Waals surface area contributed by atoms with Crippen molar-refractivity contribution in [3.63, 3.8) is 0 Å². The van der Waals surface area contributed by atoms with Crippen LogP contribution in [0.25, 0.3) is 0 Å². The summed E-state index contributed by atoms with van der Waals surface area (Å²) in [5, 5.41) is 0. The molecule has 0 spiro atoms. The smallest absolute Gasteiger partial charge is 0.133 e. The van der Waals surface area contributed by atoms with Crippen LogP contribution in [0.2, 0.25) is 0 Å². The molecular formula is C17H21NO. The molecule has 2 rings (SSSR count). The van der Waals surface area contributed by atoms with E-state index < -0.39 is 0 Å². The molecule has 0 saturated carbocycles. The van der Waals surface area contributed by atoms with Gasteiger partial charge in [-0.05, 0) is 50.5 Å². The molecule has 100 valence electrons. The second-order valence-electron chi connectivity index (χ2n) is 5.07. The number of nitrogens with two attached hydrogens (primary N) is 1. The molecule has 0 unspecified atom stereocenters. The zero-order chi connectivity index (χ0) is 14.0. The predicted molar refractivity (Wildman–Crippen MR) is 79.8 cm³/mol. The first-order valence-electron chi connectivity index (χ1n) is 6.57. The van der Waals surface area contributed by atoms with Crippen LogP contribution in [0.4, 0.5) is 0 Å². The summed E-state index contributed by atoms with van der Waals surface area (Å²) in [6.07, 6.45) is 0. The van der Waals surface area contributed by atoms with Crippen molar-refractivity contribution in [1.82, 2.24) is 0 Å². The van der Waals surface area contributed by atoms with Gasteiger partial charge in [0.15, 0.2) is 0 Å². The largest absolute Gasteiger partial charge is 0.456 e. The minimum Gasteiger partial charge on any atom is -0.456 e. The first-order valence-corrected chi connectivity index (χ1v) is 6.57. The van der Waals surface area contributed by atoms with E-state index in [1.165, 1.54) is 16.7 Å².